The van der Waals surface area contributed by atoms with Gasteiger partial charge in [-0.1, -0.05) is 40.8 Å². The molecule has 10 nitrogen and oxygen atoms in total. The predicted octanol–water partition coefficient (Wildman–Crippen LogP) is 3.71. The van der Waals surface area contributed by atoms with Crippen LogP contribution in [0.15, 0.2) is 80.8 Å². The summed E-state index contributed by atoms with van der Waals surface area (Å²) in [4.78, 5) is 55.8. The number of thiazole rings is 1. The number of nitrogens with two attached hydrogens (primary N) is 1. The van der Waals surface area contributed by atoms with Gasteiger partial charge in [0.25, 0.3) is 0 Å². The van der Waals surface area contributed by atoms with E-state index in [0.717, 1.165) is 28.0 Å². The first kappa shape index (κ1) is 27.9. The van der Waals surface area contributed by atoms with E-state index in [9.17, 15) is 27.6 Å². The average molecular weight is 647 g/mol. The van der Waals surface area contributed by atoms with E-state index in [2.05, 4.69) is 5.32 Å². The van der Waals surface area contributed by atoms with Gasteiger partial charge in [-0.3, -0.25) is 23.7 Å². The molecule has 2 aliphatic heterocycles. The van der Waals surface area contributed by atoms with Crippen LogP contribution in [0.1, 0.15) is 15.7 Å². The largest absolute Gasteiger partial charge is 0.325 e. The number of aromatic nitrogens is 1. The Bertz CT molecular complexity index is 1850. The SMILES string of the molecule is NS(=O)(=O)c1ccc(NC(=O)Cn2c3c(sc2=O)[C@@H](c2cccs2)[C@H]2C(=O)N(c4ccc(Cl)cc4)C(=O)[C@H]2S3)cc1. The second-order valence-corrected chi connectivity index (χ2v) is 14.4. The molecule has 0 bridgehead atoms. The summed E-state index contributed by atoms with van der Waals surface area (Å²) < 4.78 is 24.3. The van der Waals surface area contributed by atoms with Crippen molar-refractivity contribution in [1.29, 1.82) is 0 Å². The lowest BCUT2D eigenvalue weighted by Crippen LogP contribution is -2.32. The maximum absolute atomic E-state index is 13.8. The Balaban J connectivity index is 1.33. The Morgan fingerprint density at radius 1 is 1.00 bits per heavy atom. The van der Waals surface area contributed by atoms with Gasteiger partial charge in [0.1, 0.15) is 11.8 Å². The molecule has 2 aromatic carbocycles. The number of benzene rings is 2. The highest BCUT2D eigenvalue weighted by molar-refractivity contribution is 8.00. The van der Waals surface area contributed by atoms with Crippen LogP contribution >= 0.6 is 46.0 Å². The monoisotopic (exact) mass is 646 g/mol. The van der Waals surface area contributed by atoms with Crippen molar-refractivity contribution in [3.63, 3.8) is 0 Å². The first-order valence-electron chi connectivity index (χ1n) is 12.0. The van der Waals surface area contributed by atoms with Crippen molar-refractivity contribution in [1.82, 2.24) is 4.57 Å². The minimum atomic E-state index is -3.89. The van der Waals surface area contributed by atoms with Gasteiger partial charge in [-0.25, -0.2) is 18.5 Å². The number of hydrogen-bond acceptors (Lipinski definition) is 9. The van der Waals surface area contributed by atoms with Crippen molar-refractivity contribution >= 4 is 85.2 Å². The van der Waals surface area contributed by atoms with Gasteiger partial charge in [0.2, 0.25) is 27.7 Å². The van der Waals surface area contributed by atoms with E-state index in [0.29, 0.717) is 26.3 Å². The number of hydrogen-bond donors (Lipinski definition) is 2. The molecule has 1 fully saturated rings. The molecule has 41 heavy (non-hydrogen) atoms. The van der Waals surface area contributed by atoms with Gasteiger partial charge >= 0.3 is 4.87 Å². The molecule has 3 atom stereocenters. The van der Waals surface area contributed by atoms with Gasteiger partial charge in [0.15, 0.2) is 0 Å². The highest BCUT2D eigenvalue weighted by atomic mass is 35.5. The quantitative estimate of drug-likeness (QED) is 0.303. The summed E-state index contributed by atoms with van der Waals surface area (Å²) in [5, 5.41) is 9.79. The molecular weight excluding hydrogens is 628 g/mol. The average Bonchev–Trinajstić information content (AvgIpc) is 3.62. The van der Waals surface area contributed by atoms with Gasteiger partial charge in [-0.2, -0.15) is 0 Å². The molecule has 1 saturated heterocycles. The zero-order valence-corrected chi connectivity index (χ0v) is 24.7. The third-order valence-electron chi connectivity index (χ3n) is 6.75. The van der Waals surface area contributed by atoms with Crippen molar-refractivity contribution in [3.05, 3.63) is 90.5 Å². The first-order valence-corrected chi connectivity index (χ1v) is 16.5. The number of carbonyl (C=O) groups is 3. The number of nitrogens with zero attached hydrogens (tertiary/aromatic N) is 2. The highest BCUT2D eigenvalue weighted by Crippen LogP contribution is 2.54. The van der Waals surface area contributed by atoms with Gasteiger partial charge in [-0.15, -0.1) is 11.3 Å². The summed E-state index contributed by atoms with van der Waals surface area (Å²) >= 11 is 9.53. The molecule has 6 rings (SSSR count). The Hall–Kier alpha value is -3.27. The summed E-state index contributed by atoms with van der Waals surface area (Å²) in [5.41, 5.74) is 0.733. The molecule has 0 spiro atoms. The zero-order chi connectivity index (χ0) is 29.1. The molecule has 2 aliphatic rings. The van der Waals surface area contributed by atoms with E-state index in [-0.39, 0.29) is 17.3 Å². The number of carbonyl (C=O) groups excluding carboxylic acids is 3. The minimum absolute atomic E-state index is 0.104. The molecule has 0 unspecified atom stereocenters. The second-order valence-electron chi connectivity index (χ2n) is 9.29. The van der Waals surface area contributed by atoms with E-state index in [1.54, 1.807) is 24.3 Å². The Morgan fingerprint density at radius 2 is 1.71 bits per heavy atom. The molecule has 4 heterocycles. The third kappa shape index (κ3) is 5.04. The number of fused-ring (bicyclic) bond motifs is 2. The molecule has 210 valence electrons. The number of imide groups is 1. The summed E-state index contributed by atoms with van der Waals surface area (Å²) in [6.45, 7) is -0.341. The lowest BCUT2D eigenvalue weighted by Gasteiger charge is -2.29. The smallest absolute Gasteiger partial charge is 0.308 e. The maximum Gasteiger partial charge on any atom is 0.308 e. The van der Waals surface area contributed by atoms with Crippen LogP contribution in [0.2, 0.25) is 5.02 Å². The molecule has 15 heteroatoms. The van der Waals surface area contributed by atoms with Crippen molar-refractivity contribution < 1.29 is 22.8 Å². The number of primary sulfonamides is 1. The minimum Gasteiger partial charge on any atom is -0.325 e. The number of thiophene rings is 1. The lowest BCUT2D eigenvalue weighted by molar-refractivity contribution is -0.122. The number of nitrogens with one attached hydrogen (secondary N) is 1. The van der Waals surface area contributed by atoms with Crippen LogP contribution in [0, 0.1) is 5.92 Å². The van der Waals surface area contributed by atoms with Crippen molar-refractivity contribution in [2.24, 2.45) is 11.1 Å². The predicted molar refractivity (Wildman–Crippen MR) is 158 cm³/mol. The molecule has 4 aromatic rings. The number of amides is 3. The Labute approximate surface area is 250 Å². The van der Waals surface area contributed by atoms with E-state index < -0.39 is 43.8 Å². The summed E-state index contributed by atoms with van der Waals surface area (Å²) in [6.07, 6.45) is 0. The fraction of sp³-hybridized carbons (Fsp3) is 0.154. The van der Waals surface area contributed by atoms with Crippen LogP contribution in [0.5, 0.6) is 0 Å². The normalized spacial score (nSPS) is 20.1. The van der Waals surface area contributed by atoms with Crippen LogP contribution in [-0.4, -0.2) is 36.0 Å². The molecule has 2 aromatic heterocycles. The topological polar surface area (TPSA) is 149 Å². The first-order chi connectivity index (χ1) is 19.5. The van der Waals surface area contributed by atoms with Crippen LogP contribution in [-0.2, 0) is 31.0 Å². The number of halogens is 1. The van der Waals surface area contributed by atoms with Crippen LogP contribution < -0.4 is 20.2 Å². The fourth-order valence-corrected chi connectivity index (χ4v) is 9.31. The number of thioether (sulfide) groups is 1. The third-order valence-corrected chi connectivity index (χ3v) is 11.5. The molecule has 0 aliphatic carbocycles. The summed E-state index contributed by atoms with van der Waals surface area (Å²) in [6, 6.07) is 15.5. The van der Waals surface area contributed by atoms with Gasteiger partial charge in [0.05, 0.1) is 21.5 Å². The summed E-state index contributed by atoms with van der Waals surface area (Å²) in [5.74, 6) is -2.54. The Morgan fingerprint density at radius 3 is 2.34 bits per heavy atom. The lowest BCUT2D eigenvalue weighted by atomic mass is 9.87. The molecule has 0 radical (unpaired) electrons. The number of rotatable bonds is 6. The highest BCUT2D eigenvalue weighted by Gasteiger charge is 2.57. The van der Waals surface area contributed by atoms with Crippen LogP contribution in [0.25, 0.3) is 0 Å². The Kier molecular flexibility index (Phi) is 7.16. The van der Waals surface area contributed by atoms with Crippen molar-refractivity contribution in [3.8, 4) is 0 Å². The molecule has 3 N–H and O–H groups in total. The molecule has 3 amide bonds. The van der Waals surface area contributed by atoms with Gasteiger partial charge < -0.3 is 5.32 Å². The van der Waals surface area contributed by atoms with Crippen LogP contribution in [0.4, 0.5) is 11.4 Å². The van der Waals surface area contributed by atoms with E-state index in [1.165, 1.54) is 45.1 Å². The molecular formula is C26H19ClN4O6S4. The summed E-state index contributed by atoms with van der Waals surface area (Å²) in [7, 11) is -3.89. The fourth-order valence-electron chi connectivity index (χ4n) is 4.95. The zero-order valence-electron chi connectivity index (χ0n) is 20.7. The van der Waals surface area contributed by atoms with E-state index in [4.69, 9.17) is 16.7 Å². The second kappa shape index (κ2) is 10.5. The van der Waals surface area contributed by atoms with Crippen LogP contribution in [0.3, 0.4) is 0 Å². The van der Waals surface area contributed by atoms with Crippen molar-refractivity contribution in [2.75, 3.05) is 10.2 Å². The number of anilines is 2. The van der Waals surface area contributed by atoms with Crippen molar-refractivity contribution in [2.45, 2.75) is 27.6 Å². The number of sulfonamides is 1. The molecule has 0 saturated carbocycles. The van der Waals surface area contributed by atoms with Gasteiger partial charge in [0, 0.05) is 26.4 Å². The maximum atomic E-state index is 13.8. The van der Waals surface area contributed by atoms with E-state index >= 15 is 0 Å². The standard InChI is InChI=1S/C26H19ClN4O6S4/c27-13-3-7-15(8-4-13)31-23(33)20-19(17-2-1-11-38-17)22-25(39-21(20)24(31)34)30(26(35)40-22)12-18(32)29-14-5-9-16(10-6-14)41(28,36)37/h1-11,19-21H,12H2,(H,29,32)(H2,28,36,37)/t19-,20+,21-/m0/s1. The van der Waals surface area contributed by atoms with E-state index in [1.807, 2.05) is 17.5 Å². The van der Waals surface area contributed by atoms with Gasteiger partial charge in [-0.05, 0) is 60.0 Å².